The molecule has 0 unspecified atom stereocenters. The van der Waals surface area contributed by atoms with Crippen LogP contribution in [0.1, 0.15) is 41.5 Å². The van der Waals surface area contributed by atoms with E-state index in [-0.39, 0.29) is 11.6 Å². The topological polar surface area (TPSA) is 27.7 Å². The summed E-state index contributed by atoms with van der Waals surface area (Å²) in [5.74, 6) is -1.90. The molecule has 1 fully saturated rings. The summed E-state index contributed by atoms with van der Waals surface area (Å²) in [5, 5.41) is 0. The number of rotatable bonds is 3. The summed E-state index contributed by atoms with van der Waals surface area (Å²) in [7, 11) is -0.884. The molecule has 0 bridgehead atoms. The molecule has 0 radical (unpaired) electrons. The van der Waals surface area contributed by atoms with Gasteiger partial charge in [0.25, 0.3) is 0 Å². The van der Waals surface area contributed by atoms with Crippen LogP contribution in [0, 0.1) is 11.6 Å². The fraction of sp³-hybridized carbons (Fsp3) is 0.600. The highest BCUT2D eigenvalue weighted by Crippen LogP contribution is 2.37. The molecule has 1 aromatic rings. The van der Waals surface area contributed by atoms with Crippen molar-refractivity contribution in [2.45, 2.75) is 58.8 Å². The standard InChI is InChI=1S/C15H21BF2O3/c1-9(2)19-13-11(17)8-7-10(12(13)18)16-20-14(3,4)15(5,6)21-16/h7-9H,1-6H3. The van der Waals surface area contributed by atoms with Crippen LogP contribution in [-0.2, 0) is 9.31 Å². The molecule has 0 atom stereocenters. The van der Waals surface area contributed by atoms with Crippen molar-refractivity contribution in [1.82, 2.24) is 0 Å². The second kappa shape index (κ2) is 5.25. The van der Waals surface area contributed by atoms with E-state index < -0.39 is 35.7 Å². The smallest absolute Gasteiger partial charge is 0.485 e. The van der Waals surface area contributed by atoms with Gasteiger partial charge in [-0.05, 0) is 47.6 Å². The summed E-state index contributed by atoms with van der Waals surface area (Å²) >= 11 is 0. The average molecular weight is 298 g/mol. The Kier molecular flexibility index (Phi) is 4.06. The van der Waals surface area contributed by atoms with Crippen molar-refractivity contribution < 1.29 is 22.8 Å². The second-order valence-corrected chi connectivity index (χ2v) is 6.53. The Morgan fingerprint density at radius 1 is 1.05 bits per heavy atom. The summed E-state index contributed by atoms with van der Waals surface area (Å²) in [4.78, 5) is 0. The van der Waals surface area contributed by atoms with Gasteiger partial charge < -0.3 is 14.0 Å². The van der Waals surface area contributed by atoms with Crippen LogP contribution in [-0.4, -0.2) is 24.4 Å². The van der Waals surface area contributed by atoms with E-state index >= 15 is 0 Å². The first kappa shape index (κ1) is 16.2. The highest BCUT2D eigenvalue weighted by Gasteiger charge is 2.52. The SMILES string of the molecule is CC(C)Oc1c(F)ccc(B2OC(C)(C)C(C)(C)O2)c1F. The molecule has 0 N–H and O–H groups in total. The van der Waals surface area contributed by atoms with E-state index in [1.54, 1.807) is 13.8 Å². The van der Waals surface area contributed by atoms with Crippen molar-refractivity contribution in [1.29, 1.82) is 0 Å². The maximum Gasteiger partial charge on any atom is 0.498 e. The minimum atomic E-state index is -0.884. The van der Waals surface area contributed by atoms with E-state index in [0.717, 1.165) is 0 Å². The molecule has 1 aliphatic rings. The Hall–Kier alpha value is -1.14. The van der Waals surface area contributed by atoms with Crippen LogP contribution in [0.2, 0.25) is 0 Å². The number of ether oxygens (including phenoxy) is 1. The van der Waals surface area contributed by atoms with E-state index in [0.29, 0.717) is 0 Å². The van der Waals surface area contributed by atoms with Crippen LogP contribution in [0.25, 0.3) is 0 Å². The maximum atomic E-state index is 14.5. The minimum absolute atomic E-state index is 0.144. The van der Waals surface area contributed by atoms with E-state index in [2.05, 4.69) is 0 Å². The van der Waals surface area contributed by atoms with Crippen molar-refractivity contribution in [2.24, 2.45) is 0 Å². The van der Waals surface area contributed by atoms with Gasteiger partial charge in [0, 0.05) is 5.46 Å². The van der Waals surface area contributed by atoms with E-state index in [9.17, 15) is 8.78 Å². The molecule has 0 amide bonds. The quantitative estimate of drug-likeness (QED) is 0.803. The lowest BCUT2D eigenvalue weighted by Gasteiger charge is -2.32. The van der Waals surface area contributed by atoms with E-state index in [1.807, 2.05) is 27.7 Å². The van der Waals surface area contributed by atoms with Gasteiger partial charge in [0.2, 0.25) is 0 Å². The molecule has 21 heavy (non-hydrogen) atoms. The molecule has 6 heteroatoms. The predicted octanol–water partition coefficient (Wildman–Crippen LogP) is 3.05. The summed E-state index contributed by atoms with van der Waals surface area (Å²) in [6.45, 7) is 10.9. The van der Waals surface area contributed by atoms with Gasteiger partial charge in [-0.15, -0.1) is 0 Å². The lowest BCUT2D eigenvalue weighted by molar-refractivity contribution is 0.00578. The zero-order valence-corrected chi connectivity index (χ0v) is 13.3. The van der Waals surface area contributed by atoms with Gasteiger partial charge in [0.05, 0.1) is 17.3 Å². The fourth-order valence-electron chi connectivity index (χ4n) is 2.04. The van der Waals surface area contributed by atoms with Crippen LogP contribution in [0.4, 0.5) is 8.78 Å². The summed E-state index contributed by atoms with van der Waals surface area (Å²) in [5.41, 5.74) is -1.03. The lowest BCUT2D eigenvalue weighted by Crippen LogP contribution is -2.41. The highest BCUT2D eigenvalue weighted by molar-refractivity contribution is 6.62. The molecule has 1 aromatic carbocycles. The van der Waals surface area contributed by atoms with Gasteiger partial charge in [0.1, 0.15) is 0 Å². The van der Waals surface area contributed by atoms with Gasteiger partial charge in [0.15, 0.2) is 17.4 Å². The summed E-state index contributed by atoms with van der Waals surface area (Å²) in [6, 6.07) is 2.50. The molecule has 116 valence electrons. The maximum absolute atomic E-state index is 14.5. The van der Waals surface area contributed by atoms with Crippen LogP contribution in [0.5, 0.6) is 5.75 Å². The minimum Gasteiger partial charge on any atom is -0.485 e. The number of benzene rings is 1. The monoisotopic (exact) mass is 298 g/mol. The average Bonchev–Trinajstić information content (AvgIpc) is 2.53. The Balaban J connectivity index is 2.38. The second-order valence-electron chi connectivity index (χ2n) is 6.53. The molecular formula is C15H21BF2O3. The van der Waals surface area contributed by atoms with Gasteiger partial charge in [-0.2, -0.15) is 0 Å². The van der Waals surface area contributed by atoms with Crippen molar-refractivity contribution in [3.8, 4) is 5.75 Å². The molecule has 0 saturated carbocycles. The molecule has 2 rings (SSSR count). The first-order chi connectivity index (χ1) is 9.55. The number of hydrogen-bond donors (Lipinski definition) is 0. The molecule has 1 aliphatic heterocycles. The van der Waals surface area contributed by atoms with Crippen LogP contribution in [0.3, 0.4) is 0 Å². The highest BCUT2D eigenvalue weighted by atomic mass is 19.1. The largest absolute Gasteiger partial charge is 0.498 e. The Labute approximate surface area is 124 Å². The third-order valence-corrected chi connectivity index (χ3v) is 3.94. The zero-order valence-electron chi connectivity index (χ0n) is 13.3. The number of hydrogen-bond acceptors (Lipinski definition) is 3. The lowest BCUT2D eigenvalue weighted by atomic mass is 9.78. The predicted molar refractivity (Wildman–Crippen MR) is 77.8 cm³/mol. The van der Waals surface area contributed by atoms with Crippen molar-refractivity contribution in [3.05, 3.63) is 23.8 Å². The summed E-state index contributed by atoms with van der Waals surface area (Å²) in [6.07, 6.45) is -0.331. The third kappa shape index (κ3) is 2.92. The van der Waals surface area contributed by atoms with Gasteiger partial charge >= 0.3 is 7.12 Å². The van der Waals surface area contributed by atoms with Gasteiger partial charge in [-0.25, -0.2) is 8.78 Å². The molecule has 1 saturated heterocycles. The van der Waals surface area contributed by atoms with Crippen LogP contribution >= 0.6 is 0 Å². The molecule has 0 spiro atoms. The first-order valence-electron chi connectivity index (χ1n) is 7.05. The molecular weight excluding hydrogens is 277 g/mol. The van der Waals surface area contributed by atoms with E-state index in [1.165, 1.54) is 12.1 Å². The Morgan fingerprint density at radius 3 is 2.05 bits per heavy atom. The normalized spacial score (nSPS) is 20.1. The molecule has 3 nitrogen and oxygen atoms in total. The molecule has 1 heterocycles. The zero-order chi connectivity index (χ0) is 16.0. The van der Waals surface area contributed by atoms with Crippen molar-refractivity contribution in [3.63, 3.8) is 0 Å². The first-order valence-corrected chi connectivity index (χ1v) is 7.05. The Bertz CT molecular complexity index is 528. The van der Waals surface area contributed by atoms with Gasteiger partial charge in [-0.3, -0.25) is 0 Å². The third-order valence-electron chi connectivity index (χ3n) is 3.94. The fourth-order valence-corrected chi connectivity index (χ4v) is 2.04. The number of halogens is 2. The Morgan fingerprint density at radius 2 is 1.57 bits per heavy atom. The molecule has 0 aromatic heterocycles. The van der Waals surface area contributed by atoms with Crippen molar-refractivity contribution >= 4 is 12.6 Å². The summed E-state index contributed by atoms with van der Waals surface area (Å²) < 4.78 is 45.1. The van der Waals surface area contributed by atoms with Crippen LogP contribution < -0.4 is 10.2 Å². The van der Waals surface area contributed by atoms with Crippen LogP contribution in [0.15, 0.2) is 12.1 Å². The van der Waals surface area contributed by atoms with Gasteiger partial charge in [-0.1, -0.05) is 6.07 Å². The van der Waals surface area contributed by atoms with Crippen molar-refractivity contribution in [2.75, 3.05) is 0 Å². The molecule has 0 aliphatic carbocycles. The van der Waals surface area contributed by atoms with E-state index in [4.69, 9.17) is 14.0 Å².